The first-order valence-electron chi connectivity index (χ1n) is 6.17. The third-order valence-corrected chi connectivity index (χ3v) is 4.29. The summed E-state index contributed by atoms with van der Waals surface area (Å²) in [7, 11) is 1.59. The number of nitrogens with one attached hydrogen (secondary N) is 1. The van der Waals surface area contributed by atoms with Gasteiger partial charge in [0.25, 0.3) is 0 Å². The van der Waals surface area contributed by atoms with Gasteiger partial charge in [0.15, 0.2) is 0 Å². The van der Waals surface area contributed by atoms with Crippen molar-refractivity contribution in [3.05, 3.63) is 56.5 Å². The normalized spacial score (nSPS) is 12.1. The molecule has 0 spiro atoms. The fourth-order valence-electron chi connectivity index (χ4n) is 1.93. The molecule has 0 aliphatic rings. The molecule has 0 amide bonds. The van der Waals surface area contributed by atoms with Crippen molar-refractivity contribution in [3.63, 3.8) is 0 Å². The predicted octanol–water partition coefficient (Wildman–Crippen LogP) is 5.67. The van der Waals surface area contributed by atoms with Crippen LogP contribution in [0, 0.1) is 11.6 Å². The maximum atomic E-state index is 13.8. The molecular formula is C15H13Br2F2NO. The molecule has 0 radical (unpaired) electrons. The molecule has 0 aliphatic heterocycles. The molecule has 0 aliphatic carbocycles. The van der Waals surface area contributed by atoms with Gasteiger partial charge in [0, 0.05) is 16.6 Å². The Morgan fingerprint density at radius 2 is 1.81 bits per heavy atom. The zero-order valence-electron chi connectivity index (χ0n) is 11.4. The van der Waals surface area contributed by atoms with Crippen molar-refractivity contribution in [2.45, 2.75) is 13.0 Å². The third kappa shape index (κ3) is 3.74. The minimum Gasteiger partial charge on any atom is -0.496 e. The molecule has 1 N–H and O–H groups in total. The minimum atomic E-state index is -0.638. The molecule has 2 aromatic carbocycles. The van der Waals surface area contributed by atoms with Gasteiger partial charge in [-0.3, -0.25) is 0 Å². The van der Waals surface area contributed by atoms with Crippen LogP contribution in [0.1, 0.15) is 18.5 Å². The molecule has 1 atom stereocenters. The highest BCUT2D eigenvalue weighted by molar-refractivity contribution is 9.11. The average molecular weight is 421 g/mol. The summed E-state index contributed by atoms with van der Waals surface area (Å²) in [5.74, 6) is -0.536. The monoisotopic (exact) mass is 419 g/mol. The fraction of sp³-hybridized carbons (Fsp3) is 0.200. The molecule has 0 saturated heterocycles. The maximum Gasteiger partial charge on any atom is 0.150 e. The van der Waals surface area contributed by atoms with E-state index in [0.29, 0.717) is 4.47 Å². The largest absolute Gasteiger partial charge is 0.496 e. The van der Waals surface area contributed by atoms with Crippen LogP contribution in [-0.2, 0) is 0 Å². The minimum absolute atomic E-state index is 0.163. The molecule has 0 saturated carbocycles. The summed E-state index contributed by atoms with van der Waals surface area (Å²) in [6, 6.07) is 7.52. The molecule has 6 heteroatoms. The van der Waals surface area contributed by atoms with E-state index in [4.69, 9.17) is 4.74 Å². The Hall–Kier alpha value is -1.14. The molecule has 2 aromatic rings. The quantitative estimate of drug-likeness (QED) is 0.687. The summed E-state index contributed by atoms with van der Waals surface area (Å²) < 4.78 is 33.2. The third-order valence-electron chi connectivity index (χ3n) is 3.04. The number of hydrogen-bond acceptors (Lipinski definition) is 2. The lowest BCUT2D eigenvalue weighted by Crippen LogP contribution is -2.09. The van der Waals surface area contributed by atoms with Gasteiger partial charge in [-0.15, -0.1) is 0 Å². The molecule has 2 rings (SSSR count). The second-order valence-electron chi connectivity index (χ2n) is 4.50. The number of anilines is 1. The van der Waals surface area contributed by atoms with E-state index >= 15 is 0 Å². The van der Waals surface area contributed by atoms with Gasteiger partial charge >= 0.3 is 0 Å². The molecule has 0 bridgehead atoms. The zero-order chi connectivity index (χ0) is 15.6. The highest BCUT2D eigenvalue weighted by Gasteiger charge is 2.14. The predicted molar refractivity (Wildman–Crippen MR) is 86.8 cm³/mol. The maximum absolute atomic E-state index is 13.8. The topological polar surface area (TPSA) is 21.3 Å². The molecular weight excluding hydrogens is 408 g/mol. The standard InChI is InChI=1S/C15H13Br2F2NO/c1-8(9-3-4-14(21-2)11(16)5-9)20-15-12(17)6-10(18)7-13(15)19/h3-8,20H,1-2H3. The Morgan fingerprint density at radius 3 is 2.38 bits per heavy atom. The van der Waals surface area contributed by atoms with Crippen LogP contribution in [-0.4, -0.2) is 7.11 Å². The number of methoxy groups -OCH3 is 1. The second-order valence-corrected chi connectivity index (χ2v) is 6.21. The van der Waals surface area contributed by atoms with Gasteiger partial charge < -0.3 is 10.1 Å². The van der Waals surface area contributed by atoms with Crippen LogP contribution in [0.25, 0.3) is 0 Å². The van der Waals surface area contributed by atoms with E-state index in [1.807, 2.05) is 25.1 Å². The van der Waals surface area contributed by atoms with Crippen LogP contribution in [0.4, 0.5) is 14.5 Å². The van der Waals surface area contributed by atoms with E-state index < -0.39 is 11.6 Å². The van der Waals surface area contributed by atoms with Gasteiger partial charge in [-0.05, 0) is 62.5 Å². The summed E-state index contributed by atoms with van der Waals surface area (Å²) in [6.07, 6.45) is 0. The van der Waals surface area contributed by atoms with Crippen LogP contribution in [0.15, 0.2) is 39.3 Å². The first kappa shape index (κ1) is 16.2. The number of ether oxygens (including phenoxy) is 1. The molecule has 0 aromatic heterocycles. The van der Waals surface area contributed by atoms with Crippen LogP contribution in [0.3, 0.4) is 0 Å². The summed E-state index contributed by atoms with van der Waals surface area (Å²) >= 11 is 6.58. The summed E-state index contributed by atoms with van der Waals surface area (Å²) in [6.45, 7) is 1.89. The lowest BCUT2D eigenvalue weighted by atomic mass is 10.1. The van der Waals surface area contributed by atoms with Crippen LogP contribution < -0.4 is 10.1 Å². The Balaban J connectivity index is 2.26. The van der Waals surface area contributed by atoms with E-state index in [0.717, 1.165) is 21.9 Å². The van der Waals surface area contributed by atoms with E-state index in [-0.39, 0.29) is 11.7 Å². The van der Waals surface area contributed by atoms with Crippen molar-refractivity contribution in [3.8, 4) is 5.75 Å². The number of benzene rings is 2. The molecule has 0 fully saturated rings. The van der Waals surface area contributed by atoms with Crippen LogP contribution in [0.2, 0.25) is 0 Å². The number of rotatable bonds is 4. The number of halogens is 4. The summed E-state index contributed by atoms with van der Waals surface area (Å²) in [5, 5.41) is 3.04. The van der Waals surface area contributed by atoms with Gasteiger partial charge in [-0.25, -0.2) is 8.78 Å². The highest BCUT2D eigenvalue weighted by atomic mass is 79.9. The van der Waals surface area contributed by atoms with Crippen molar-refractivity contribution in [1.29, 1.82) is 0 Å². The first-order chi connectivity index (χ1) is 9.92. The van der Waals surface area contributed by atoms with Gasteiger partial charge in [-0.1, -0.05) is 6.07 Å². The van der Waals surface area contributed by atoms with Crippen molar-refractivity contribution in [2.24, 2.45) is 0 Å². The Labute approximate surface area is 138 Å². The fourth-order valence-corrected chi connectivity index (χ4v) is 3.01. The number of hydrogen-bond donors (Lipinski definition) is 1. The summed E-state index contributed by atoms with van der Waals surface area (Å²) in [5.41, 5.74) is 1.18. The van der Waals surface area contributed by atoms with Crippen molar-refractivity contribution in [2.75, 3.05) is 12.4 Å². The molecule has 21 heavy (non-hydrogen) atoms. The van der Waals surface area contributed by atoms with Gasteiger partial charge in [-0.2, -0.15) is 0 Å². The van der Waals surface area contributed by atoms with E-state index in [2.05, 4.69) is 37.2 Å². The van der Waals surface area contributed by atoms with Gasteiger partial charge in [0.05, 0.1) is 17.3 Å². The van der Waals surface area contributed by atoms with Crippen molar-refractivity contribution in [1.82, 2.24) is 0 Å². The van der Waals surface area contributed by atoms with Gasteiger partial charge in [0.1, 0.15) is 17.4 Å². The summed E-state index contributed by atoms with van der Waals surface area (Å²) in [4.78, 5) is 0. The van der Waals surface area contributed by atoms with Crippen LogP contribution in [0.5, 0.6) is 5.75 Å². The van der Waals surface area contributed by atoms with Crippen molar-refractivity contribution >= 4 is 37.5 Å². The lowest BCUT2D eigenvalue weighted by molar-refractivity contribution is 0.412. The van der Waals surface area contributed by atoms with Crippen molar-refractivity contribution < 1.29 is 13.5 Å². The molecule has 112 valence electrons. The second kappa shape index (κ2) is 6.75. The Kier molecular flexibility index (Phi) is 5.22. The first-order valence-corrected chi connectivity index (χ1v) is 7.75. The highest BCUT2D eigenvalue weighted by Crippen LogP contribution is 2.32. The Bertz CT molecular complexity index is 641. The van der Waals surface area contributed by atoms with Crippen LogP contribution >= 0.6 is 31.9 Å². The average Bonchev–Trinajstić information content (AvgIpc) is 2.42. The van der Waals surface area contributed by atoms with E-state index in [1.54, 1.807) is 7.11 Å². The van der Waals surface area contributed by atoms with Gasteiger partial charge in [0.2, 0.25) is 0 Å². The van der Waals surface area contributed by atoms with E-state index in [9.17, 15) is 8.78 Å². The molecule has 0 heterocycles. The molecule has 2 nitrogen and oxygen atoms in total. The smallest absolute Gasteiger partial charge is 0.150 e. The SMILES string of the molecule is COc1ccc(C(C)Nc2c(F)cc(F)cc2Br)cc1Br. The zero-order valence-corrected chi connectivity index (χ0v) is 14.6. The molecule has 1 unspecified atom stereocenters. The lowest BCUT2D eigenvalue weighted by Gasteiger charge is -2.18. The van der Waals surface area contributed by atoms with E-state index in [1.165, 1.54) is 6.07 Å². The Morgan fingerprint density at radius 1 is 1.10 bits per heavy atom.